The first-order chi connectivity index (χ1) is 11.3. The minimum atomic E-state index is -3.87. The van der Waals surface area contributed by atoms with E-state index >= 15 is 0 Å². The van der Waals surface area contributed by atoms with E-state index in [2.05, 4.69) is 9.88 Å². The van der Waals surface area contributed by atoms with E-state index in [1.807, 2.05) is 0 Å². The van der Waals surface area contributed by atoms with Crippen LogP contribution in [-0.4, -0.2) is 18.5 Å². The summed E-state index contributed by atoms with van der Waals surface area (Å²) in [5.74, 6) is 0. The quantitative estimate of drug-likeness (QED) is 0.572. The molecule has 9 heteroatoms. The van der Waals surface area contributed by atoms with Crippen LogP contribution in [-0.2, 0) is 10.0 Å². The Morgan fingerprint density at radius 3 is 2.46 bits per heavy atom. The van der Waals surface area contributed by atoms with Gasteiger partial charge in [0.15, 0.2) is 5.58 Å². The zero-order chi connectivity index (χ0) is 17.5. The predicted octanol–water partition coefficient (Wildman–Crippen LogP) is 3.15. The fourth-order valence-electron chi connectivity index (χ4n) is 2.27. The van der Waals surface area contributed by atoms with Gasteiger partial charge >= 0.3 is 0 Å². The highest BCUT2D eigenvalue weighted by Crippen LogP contribution is 2.28. The molecule has 0 spiro atoms. The Balaban J connectivity index is 1.98. The third-order valence-corrected chi connectivity index (χ3v) is 4.98. The molecule has 1 aromatic heterocycles. The summed E-state index contributed by atoms with van der Waals surface area (Å²) in [7, 11) is -3.87. The van der Waals surface area contributed by atoms with Crippen molar-refractivity contribution in [1.82, 2.24) is 5.16 Å². The van der Waals surface area contributed by atoms with Crippen molar-refractivity contribution < 1.29 is 17.9 Å². The molecule has 0 saturated heterocycles. The minimum Gasteiger partial charge on any atom is -0.356 e. The number of nitro groups is 1. The van der Waals surface area contributed by atoms with Crippen molar-refractivity contribution in [2.45, 2.75) is 18.7 Å². The number of rotatable bonds is 4. The van der Waals surface area contributed by atoms with E-state index in [1.165, 1.54) is 12.1 Å². The Bertz CT molecular complexity index is 1040. The lowest BCUT2D eigenvalue weighted by atomic mass is 10.1. The molecule has 3 aromatic rings. The number of nitro benzene ring substituents is 1. The molecule has 124 valence electrons. The highest BCUT2D eigenvalue weighted by Gasteiger charge is 2.18. The number of nitrogens with one attached hydrogen (secondary N) is 1. The van der Waals surface area contributed by atoms with Crippen molar-refractivity contribution in [1.29, 1.82) is 0 Å². The van der Waals surface area contributed by atoms with Crippen molar-refractivity contribution in [3.8, 4) is 0 Å². The van der Waals surface area contributed by atoms with Crippen LogP contribution in [0.1, 0.15) is 11.3 Å². The summed E-state index contributed by atoms with van der Waals surface area (Å²) in [6.07, 6.45) is 0. The highest BCUT2D eigenvalue weighted by atomic mass is 32.2. The van der Waals surface area contributed by atoms with Gasteiger partial charge in [0.2, 0.25) is 0 Å². The second kappa shape index (κ2) is 5.60. The summed E-state index contributed by atoms with van der Waals surface area (Å²) in [5, 5.41) is 15.2. The van der Waals surface area contributed by atoms with E-state index in [4.69, 9.17) is 4.52 Å². The number of sulfonamides is 1. The summed E-state index contributed by atoms with van der Waals surface area (Å²) in [6, 6.07) is 8.03. The van der Waals surface area contributed by atoms with Gasteiger partial charge in [0.05, 0.1) is 21.2 Å². The monoisotopic (exact) mass is 347 g/mol. The van der Waals surface area contributed by atoms with E-state index in [-0.39, 0.29) is 10.6 Å². The van der Waals surface area contributed by atoms with E-state index < -0.39 is 14.9 Å². The molecule has 0 aliphatic heterocycles. The molecular formula is C15H13N3O5S. The van der Waals surface area contributed by atoms with Crippen LogP contribution in [0.15, 0.2) is 45.8 Å². The van der Waals surface area contributed by atoms with Crippen LogP contribution in [0.25, 0.3) is 11.0 Å². The molecular weight excluding hydrogens is 334 g/mol. The van der Waals surface area contributed by atoms with Crippen molar-refractivity contribution in [2.75, 3.05) is 4.72 Å². The molecule has 3 rings (SSSR count). The lowest BCUT2D eigenvalue weighted by Crippen LogP contribution is -2.13. The Kier molecular flexibility index (Phi) is 3.72. The van der Waals surface area contributed by atoms with E-state index in [9.17, 15) is 18.5 Å². The number of aromatic nitrogens is 1. The normalized spacial score (nSPS) is 11.6. The Labute approximate surface area is 137 Å². The van der Waals surface area contributed by atoms with Crippen LogP contribution in [0, 0.1) is 24.0 Å². The predicted molar refractivity (Wildman–Crippen MR) is 87.4 cm³/mol. The van der Waals surface area contributed by atoms with Gasteiger partial charge < -0.3 is 4.52 Å². The molecule has 1 N–H and O–H groups in total. The standard InChI is InChI=1S/C15H13N3O5S/c1-9-7-15-13(10(2)16-23-15)8-14(9)17-24(21,22)12-5-3-11(4-6-12)18(19)20/h3-8,17H,1-2H3. The summed E-state index contributed by atoms with van der Waals surface area (Å²) >= 11 is 0. The maximum Gasteiger partial charge on any atom is 0.269 e. The van der Waals surface area contributed by atoms with Crippen molar-refractivity contribution in [3.63, 3.8) is 0 Å². The van der Waals surface area contributed by atoms with Gasteiger partial charge in [-0.2, -0.15) is 0 Å². The lowest BCUT2D eigenvalue weighted by molar-refractivity contribution is -0.384. The van der Waals surface area contributed by atoms with Crippen molar-refractivity contribution >= 4 is 32.4 Å². The SMILES string of the molecule is Cc1cc2onc(C)c2cc1NS(=O)(=O)c1ccc([N+](=O)[O-])cc1. The van der Waals surface area contributed by atoms with Crippen LogP contribution in [0.3, 0.4) is 0 Å². The largest absolute Gasteiger partial charge is 0.356 e. The number of hydrogen-bond acceptors (Lipinski definition) is 6. The van der Waals surface area contributed by atoms with Crippen molar-refractivity contribution in [3.05, 3.63) is 57.8 Å². The average molecular weight is 347 g/mol. The molecule has 0 aliphatic rings. The van der Waals surface area contributed by atoms with Gasteiger partial charge in [0.25, 0.3) is 15.7 Å². The molecule has 0 unspecified atom stereocenters. The third-order valence-electron chi connectivity index (χ3n) is 3.60. The van der Waals surface area contributed by atoms with Gasteiger partial charge in [0, 0.05) is 17.5 Å². The summed E-state index contributed by atoms with van der Waals surface area (Å²) < 4.78 is 32.6. The summed E-state index contributed by atoms with van der Waals surface area (Å²) in [5.41, 5.74) is 2.12. The summed E-state index contributed by atoms with van der Waals surface area (Å²) in [4.78, 5) is 10.0. The van der Waals surface area contributed by atoms with Crippen molar-refractivity contribution in [2.24, 2.45) is 0 Å². The summed E-state index contributed by atoms with van der Waals surface area (Å²) in [6.45, 7) is 3.50. The third kappa shape index (κ3) is 2.81. The van der Waals surface area contributed by atoms with Gasteiger partial charge in [-0.1, -0.05) is 5.16 Å². The second-order valence-electron chi connectivity index (χ2n) is 5.29. The van der Waals surface area contributed by atoms with Crippen LogP contribution in [0.2, 0.25) is 0 Å². The molecule has 0 saturated carbocycles. The first kappa shape index (κ1) is 15.9. The van der Waals surface area contributed by atoms with Crippen LogP contribution in [0.5, 0.6) is 0 Å². The van der Waals surface area contributed by atoms with E-state index in [0.29, 0.717) is 27.9 Å². The Morgan fingerprint density at radius 2 is 1.83 bits per heavy atom. The number of fused-ring (bicyclic) bond motifs is 1. The zero-order valence-electron chi connectivity index (χ0n) is 12.8. The Morgan fingerprint density at radius 1 is 1.17 bits per heavy atom. The number of aryl methyl sites for hydroxylation is 2. The number of nitrogens with zero attached hydrogens (tertiary/aromatic N) is 2. The number of hydrogen-bond donors (Lipinski definition) is 1. The van der Waals surface area contributed by atoms with Gasteiger partial charge in [-0.15, -0.1) is 0 Å². The first-order valence-electron chi connectivity index (χ1n) is 6.92. The molecule has 8 nitrogen and oxygen atoms in total. The van der Waals surface area contributed by atoms with Gasteiger partial charge in [-0.25, -0.2) is 8.42 Å². The first-order valence-corrected chi connectivity index (χ1v) is 8.40. The smallest absolute Gasteiger partial charge is 0.269 e. The molecule has 1 heterocycles. The maximum absolute atomic E-state index is 12.5. The van der Waals surface area contributed by atoms with Crippen LogP contribution in [0.4, 0.5) is 11.4 Å². The molecule has 2 aromatic carbocycles. The molecule has 0 radical (unpaired) electrons. The van der Waals surface area contributed by atoms with Gasteiger partial charge in [0.1, 0.15) is 0 Å². The Hall–Kier alpha value is -2.94. The van der Waals surface area contributed by atoms with Gasteiger partial charge in [-0.05, 0) is 43.7 Å². The number of anilines is 1. The van der Waals surface area contributed by atoms with E-state index in [1.54, 1.807) is 26.0 Å². The molecule has 0 atom stereocenters. The maximum atomic E-state index is 12.5. The fourth-order valence-corrected chi connectivity index (χ4v) is 3.39. The van der Waals surface area contributed by atoms with Crippen LogP contribution >= 0.6 is 0 Å². The number of benzene rings is 2. The minimum absolute atomic E-state index is 0.0605. The van der Waals surface area contributed by atoms with Crippen LogP contribution < -0.4 is 4.72 Å². The molecule has 0 fully saturated rings. The average Bonchev–Trinajstić information content (AvgIpc) is 2.88. The zero-order valence-corrected chi connectivity index (χ0v) is 13.6. The number of non-ortho nitro benzene ring substituents is 1. The van der Waals surface area contributed by atoms with E-state index in [0.717, 1.165) is 12.1 Å². The topological polar surface area (TPSA) is 115 Å². The molecule has 24 heavy (non-hydrogen) atoms. The second-order valence-corrected chi connectivity index (χ2v) is 6.97. The molecule has 0 bridgehead atoms. The van der Waals surface area contributed by atoms with Gasteiger partial charge in [-0.3, -0.25) is 14.8 Å². The fraction of sp³-hybridized carbons (Fsp3) is 0.133. The lowest BCUT2D eigenvalue weighted by Gasteiger charge is -2.10. The molecule has 0 aliphatic carbocycles. The highest BCUT2D eigenvalue weighted by molar-refractivity contribution is 7.92. The molecule has 0 amide bonds.